The number of allylic oxidation sites excluding steroid dienone is 4. The highest BCUT2D eigenvalue weighted by Crippen LogP contribution is 2.71. The van der Waals surface area contributed by atoms with Crippen LogP contribution in [0.15, 0.2) is 65.3 Å². The van der Waals surface area contributed by atoms with Gasteiger partial charge in [0.05, 0.1) is 49.6 Å². The number of ether oxygens (including phenoxy) is 10. The van der Waals surface area contributed by atoms with Crippen LogP contribution in [0.25, 0.3) is 6.08 Å². The average molecular weight is 1050 g/mol. The lowest BCUT2D eigenvalue weighted by Gasteiger charge is -2.64. The summed E-state index contributed by atoms with van der Waals surface area (Å²) < 4.78 is 63.3. The lowest BCUT2D eigenvalue weighted by atomic mass is 9.44. The molecule has 17 heteroatoms. The SMILES string of the molecule is COC(=O)C(C)=CCC12OC(C)(C)[C@H]3C[C@H](C1=O)C(N1CCOCC1)C1C(=O)c4c(OC(=O)c5ccc(O[C@@H]6O[C@@H]7COC(C)(C)O[C@H]7[C@H](O)[C@H]6O)cc5)c5c(c(CC=C(C)C)c4OC132)OC(C)(CCC=C(C)C)C=C5. The van der Waals surface area contributed by atoms with E-state index in [0.29, 0.717) is 62.4 Å². The summed E-state index contributed by atoms with van der Waals surface area (Å²) in [5, 5.41) is 22.1. The van der Waals surface area contributed by atoms with Crippen molar-refractivity contribution < 1.29 is 76.8 Å². The lowest BCUT2D eigenvalue weighted by molar-refractivity contribution is -0.373. The number of ketones is 2. The summed E-state index contributed by atoms with van der Waals surface area (Å²) in [6.07, 6.45) is 5.91. The number of benzene rings is 2. The Morgan fingerprint density at radius 1 is 0.895 bits per heavy atom. The molecule has 410 valence electrons. The number of rotatable bonds is 13. The Kier molecular flexibility index (Phi) is 14.2. The molecule has 4 saturated heterocycles. The zero-order valence-electron chi connectivity index (χ0n) is 45.5. The molecule has 3 saturated carbocycles. The molecule has 6 aliphatic heterocycles. The van der Waals surface area contributed by atoms with Gasteiger partial charge in [-0.15, -0.1) is 0 Å². The van der Waals surface area contributed by atoms with Gasteiger partial charge in [0.25, 0.3) is 0 Å². The number of carbonyl (C=O) groups is 4. The molecule has 7 fully saturated rings. The van der Waals surface area contributed by atoms with Gasteiger partial charge in [0.1, 0.15) is 52.8 Å². The van der Waals surface area contributed by atoms with E-state index in [1.807, 2.05) is 66.7 Å². The third-order valence-corrected chi connectivity index (χ3v) is 16.9. The van der Waals surface area contributed by atoms with Crippen LogP contribution >= 0.6 is 0 Å². The number of nitrogens with zero attached hydrogens (tertiary/aromatic N) is 1. The quantitative estimate of drug-likeness (QED) is 0.0880. The van der Waals surface area contributed by atoms with Crippen LogP contribution in [0.3, 0.4) is 0 Å². The molecule has 2 N–H and O–H groups in total. The highest BCUT2D eigenvalue weighted by Gasteiger charge is 2.86. The lowest BCUT2D eigenvalue weighted by Crippen LogP contribution is -2.82. The Morgan fingerprint density at radius 2 is 1.61 bits per heavy atom. The smallest absolute Gasteiger partial charge is 0.343 e. The molecular weight excluding hydrogens is 979 g/mol. The van der Waals surface area contributed by atoms with Crippen molar-refractivity contribution in [3.05, 3.63) is 87.5 Å². The van der Waals surface area contributed by atoms with Crippen molar-refractivity contribution in [1.82, 2.24) is 4.90 Å². The number of esters is 2. The van der Waals surface area contributed by atoms with Crippen molar-refractivity contribution in [2.24, 2.45) is 17.8 Å². The second-order valence-corrected chi connectivity index (χ2v) is 23.4. The number of hydrogen-bond acceptors (Lipinski definition) is 17. The monoisotopic (exact) mass is 1050 g/mol. The van der Waals surface area contributed by atoms with Crippen molar-refractivity contribution >= 4 is 29.6 Å². The zero-order valence-corrected chi connectivity index (χ0v) is 45.5. The first-order valence-corrected chi connectivity index (χ1v) is 26.7. The maximum Gasteiger partial charge on any atom is 0.343 e. The number of methoxy groups -OCH3 is 1. The summed E-state index contributed by atoms with van der Waals surface area (Å²) in [6.45, 7) is 20.9. The summed E-state index contributed by atoms with van der Waals surface area (Å²) in [4.78, 5) is 62.3. The third kappa shape index (κ3) is 9.05. The Labute approximate surface area is 444 Å². The van der Waals surface area contributed by atoms with Gasteiger partial charge in [0, 0.05) is 48.5 Å². The largest absolute Gasteiger partial charge is 0.482 e. The number of morpholine rings is 1. The molecule has 2 aromatic rings. The standard InChI is InChI=1S/C59H73NO16/c1-31(2)13-12-22-57(10)23-21-37-47(74-57)36(19-14-32(3)4)49-41(48(37)72-53(66)34-15-17-35(18-16-34)70-54-46(63)45(62)50-39(71-54)30-69-56(8,9)73-50)44(61)42-43(60-25-27-68-28-26-60)38-29-40-55(6,7)76-58(51(38)64,59(40,42)75-49)24-20-33(5)52(65)67-11/h13-18,20-21,23,38-40,42-43,45-46,50,54,62-63H,12,19,22,24-30H2,1-11H3/t38-,39+,40+,42?,43?,45+,46+,50+,54+,57?,58?,59?/m0/s1. The summed E-state index contributed by atoms with van der Waals surface area (Å²) in [5.41, 5.74) is -1.60. The van der Waals surface area contributed by atoms with Crippen LogP contribution < -0.4 is 18.9 Å². The van der Waals surface area contributed by atoms with Crippen LogP contribution in [0.5, 0.6) is 23.0 Å². The van der Waals surface area contributed by atoms with E-state index >= 15 is 9.59 Å². The fourth-order valence-electron chi connectivity index (χ4n) is 13.2. The van der Waals surface area contributed by atoms with E-state index in [1.165, 1.54) is 36.9 Å². The number of Topliss-reactive ketones (excluding diaryl/α,β-unsaturated/α-hetero) is 2. The molecule has 12 atom stereocenters. The molecule has 5 unspecified atom stereocenters. The minimum Gasteiger partial charge on any atom is -0.482 e. The normalized spacial score (nSPS) is 34.6. The van der Waals surface area contributed by atoms with E-state index < -0.39 is 94.6 Å². The topological polar surface area (TPSA) is 204 Å². The molecule has 2 aromatic carbocycles. The maximum atomic E-state index is 16.7. The molecule has 0 aromatic heterocycles. The zero-order chi connectivity index (χ0) is 54.4. The Morgan fingerprint density at radius 3 is 2.29 bits per heavy atom. The van der Waals surface area contributed by atoms with Crippen molar-refractivity contribution in [2.75, 3.05) is 40.0 Å². The molecule has 3 aliphatic carbocycles. The van der Waals surface area contributed by atoms with Gasteiger partial charge in [-0.2, -0.15) is 0 Å². The van der Waals surface area contributed by atoms with Gasteiger partial charge in [0.15, 0.2) is 34.3 Å². The van der Waals surface area contributed by atoms with Crippen LogP contribution in [-0.2, 0) is 44.4 Å². The fourth-order valence-corrected chi connectivity index (χ4v) is 13.2. The number of carbonyl (C=O) groups excluding carboxylic acids is 4. The molecule has 17 nitrogen and oxygen atoms in total. The number of hydrogen-bond donors (Lipinski definition) is 2. The number of aliphatic hydroxyl groups is 2. The highest BCUT2D eigenvalue weighted by atomic mass is 16.8. The minimum atomic E-state index is -1.72. The van der Waals surface area contributed by atoms with E-state index in [-0.39, 0.29) is 65.0 Å². The average Bonchev–Trinajstić information content (AvgIpc) is 2.62. The number of aliphatic hydroxyl groups excluding tert-OH is 2. The first-order chi connectivity index (χ1) is 35.9. The minimum absolute atomic E-state index is 0.0439. The Hall–Kier alpha value is -5.24. The molecule has 11 rings (SSSR count). The molecular formula is C59H73NO16. The van der Waals surface area contributed by atoms with E-state index in [2.05, 4.69) is 11.0 Å². The highest BCUT2D eigenvalue weighted by molar-refractivity contribution is 6.11. The first kappa shape index (κ1) is 54.1. The van der Waals surface area contributed by atoms with Crippen LogP contribution in [0.4, 0.5) is 0 Å². The van der Waals surface area contributed by atoms with Gasteiger partial charge < -0.3 is 57.6 Å². The summed E-state index contributed by atoms with van der Waals surface area (Å²) >= 11 is 0. The molecule has 9 aliphatic rings. The molecule has 4 bridgehead atoms. The Balaban J connectivity index is 1.11. The van der Waals surface area contributed by atoms with Crippen molar-refractivity contribution in [2.45, 2.75) is 166 Å². The predicted octanol–water partition coefficient (Wildman–Crippen LogP) is 7.21. The van der Waals surface area contributed by atoms with E-state index in [1.54, 1.807) is 26.8 Å². The summed E-state index contributed by atoms with van der Waals surface area (Å²) in [7, 11) is 1.30. The van der Waals surface area contributed by atoms with Crippen LogP contribution in [-0.4, -0.2) is 144 Å². The van der Waals surface area contributed by atoms with Gasteiger partial charge in [-0.1, -0.05) is 29.4 Å². The Bertz CT molecular complexity index is 2790. The fraction of sp³-hybridized carbons (Fsp3) is 0.593. The molecule has 1 spiro atoms. The van der Waals surface area contributed by atoms with Crippen LogP contribution in [0.2, 0.25) is 0 Å². The van der Waals surface area contributed by atoms with Crippen molar-refractivity contribution in [1.29, 1.82) is 0 Å². The van der Waals surface area contributed by atoms with Gasteiger partial charge in [-0.25, -0.2) is 9.59 Å². The second kappa shape index (κ2) is 19.9. The van der Waals surface area contributed by atoms with E-state index in [9.17, 15) is 19.8 Å². The summed E-state index contributed by atoms with van der Waals surface area (Å²) in [5.74, 6) is -4.32. The van der Waals surface area contributed by atoms with Gasteiger partial charge in [-0.3, -0.25) is 14.5 Å². The van der Waals surface area contributed by atoms with Crippen molar-refractivity contribution in [3.8, 4) is 23.0 Å². The molecule has 6 heterocycles. The van der Waals surface area contributed by atoms with Crippen molar-refractivity contribution in [3.63, 3.8) is 0 Å². The second-order valence-electron chi connectivity index (χ2n) is 23.4. The first-order valence-electron chi connectivity index (χ1n) is 26.7. The van der Waals surface area contributed by atoms with E-state index in [4.69, 9.17) is 47.4 Å². The molecule has 0 radical (unpaired) electrons. The molecule has 76 heavy (non-hydrogen) atoms. The van der Waals surface area contributed by atoms with Gasteiger partial charge in [-0.05, 0) is 131 Å². The third-order valence-electron chi connectivity index (χ3n) is 16.9. The summed E-state index contributed by atoms with van der Waals surface area (Å²) in [6, 6.07) is 5.39. The van der Waals surface area contributed by atoms with Gasteiger partial charge >= 0.3 is 11.9 Å². The number of fused-ring (bicyclic) bond motifs is 3. The predicted molar refractivity (Wildman–Crippen MR) is 276 cm³/mol. The van der Waals surface area contributed by atoms with Crippen LogP contribution in [0, 0.1) is 17.8 Å². The van der Waals surface area contributed by atoms with E-state index in [0.717, 1.165) is 5.57 Å². The molecule has 0 amide bonds. The van der Waals surface area contributed by atoms with Crippen LogP contribution in [0.1, 0.15) is 127 Å². The maximum absolute atomic E-state index is 16.7. The van der Waals surface area contributed by atoms with Gasteiger partial charge in [0.2, 0.25) is 6.29 Å².